The number of carbonyl (C=O) groups excluding carboxylic acids is 1. The van der Waals surface area contributed by atoms with Crippen molar-refractivity contribution in [2.24, 2.45) is 5.73 Å². The van der Waals surface area contributed by atoms with Gasteiger partial charge in [0.05, 0.1) is 10.6 Å². The second-order valence-corrected chi connectivity index (χ2v) is 6.96. The van der Waals surface area contributed by atoms with Crippen LogP contribution in [0.2, 0.25) is 0 Å². The van der Waals surface area contributed by atoms with Crippen LogP contribution in [0.1, 0.15) is 0 Å². The fourth-order valence-corrected chi connectivity index (χ4v) is 4.12. The molecule has 0 amide bonds. The Bertz CT molecular complexity index is 691. The largest absolute Gasteiger partial charge is 0.368 e. The lowest BCUT2D eigenvalue weighted by Crippen LogP contribution is -2.41. The molecule has 0 aliphatic heterocycles. The Labute approximate surface area is 122 Å². The number of hydroxylamine groups is 1. The normalized spacial score (nSPS) is 12.6. The molecule has 11 heteroatoms. The van der Waals surface area contributed by atoms with Crippen LogP contribution in [0.25, 0.3) is 0 Å². The van der Waals surface area contributed by atoms with Crippen LogP contribution in [-0.2, 0) is 30.2 Å². The Balaban J connectivity index is 3.13. The molecule has 1 aromatic carbocycles. The van der Waals surface area contributed by atoms with Gasteiger partial charge < -0.3 is 10.6 Å². The Morgan fingerprint density at radius 1 is 1.33 bits per heavy atom. The smallest absolute Gasteiger partial charge is 0.351 e. The van der Waals surface area contributed by atoms with Gasteiger partial charge in [0.2, 0.25) is 5.96 Å². The topological polar surface area (TPSA) is 156 Å². The number of sulfone groups is 1. The molecule has 21 heavy (non-hydrogen) atoms. The number of nitrogens with two attached hydrogens (primary N) is 1. The number of nitrogens with one attached hydrogen (secondary N) is 2. The summed E-state index contributed by atoms with van der Waals surface area (Å²) in [6, 6.07) is 6.89. The summed E-state index contributed by atoms with van der Waals surface area (Å²) < 4.78 is 46.2. The van der Waals surface area contributed by atoms with Gasteiger partial charge in [-0.05, 0) is 12.1 Å². The van der Waals surface area contributed by atoms with E-state index < -0.39 is 43.5 Å². The number of hydrogen-bond donors (Lipinski definition) is 4. The summed E-state index contributed by atoms with van der Waals surface area (Å²) in [5.41, 5.74) is 6.56. The predicted molar refractivity (Wildman–Crippen MR) is 73.7 cm³/mol. The molecule has 1 unspecified atom stereocenters. The van der Waals surface area contributed by atoms with Crippen LogP contribution in [0, 0.1) is 5.41 Å². The number of benzene rings is 1. The highest BCUT2D eigenvalue weighted by atomic mass is 32.2. The van der Waals surface area contributed by atoms with E-state index in [0.717, 1.165) is 0 Å². The first kappa shape index (κ1) is 16.9. The summed E-state index contributed by atoms with van der Waals surface area (Å²) in [4.78, 5) is 15.8. The zero-order chi connectivity index (χ0) is 16.0. The molecule has 0 fully saturated rings. The molecule has 1 rings (SSSR count). The second kappa shape index (κ2) is 7.04. The number of rotatable bonds is 5. The van der Waals surface area contributed by atoms with E-state index in [1.807, 2.05) is 0 Å². The Morgan fingerprint density at radius 3 is 2.38 bits per heavy atom. The highest BCUT2D eigenvalue weighted by Crippen LogP contribution is 2.17. The van der Waals surface area contributed by atoms with Crippen LogP contribution in [0.3, 0.4) is 0 Å². The molecule has 4 N–H and O–H groups in total. The first-order valence-corrected chi connectivity index (χ1v) is 8.37. The third-order valence-corrected chi connectivity index (χ3v) is 5.23. The number of thiol groups is 1. The molecule has 116 valence electrons. The molecular weight excluding hydrogens is 322 g/mol. The van der Waals surface area contributed by atoms with Gasteiger partial charge >= 0.3 is 5.97 Å². The molecule has 0 radical (unpaired) electrons. The van der Waals surface area contributed by atoms with Gasteiger partial charge in [-0.1, -0.05) is 18.2 Å². The van der Waals surface area contributed by atoms with Crippen molar-refractivity contribution in [1.82, 2.24) is 5.48 Å². The van der Waals surface area contributed by atoms with Crippen molar-refractivity contribution in [3.8, 4) is 0 Å². The van der Waals surface area contributed by atoms with Crippen LogP contribution < -0.4 is 11.2 Å². The average Bonchev–Trinajstić information content (AvgIpc) is 2.42. The van der Waals surface area contributed by atoms with E-state index in [0.29, 0.717) is 0 Å². The van der Waals surface area contributed by atoms with E-state index in [4.69, 9.17) is 11.1 Å². The standard InChI is InChI=1S/C10H13N3O6S2/c11-10(12)13-19-9(14)8(6-20(15)16)21(17,18)7-4-2-1-3-5-7/h1-5,8,20H,6H2,(H4,11,12,13). The van der Waals surface area contributed by atoms with E-state index >= 15 is 0 Å². The summed E-state index contributed by atoms with van der Waals surface area (Å²) in [5, 5.41) is 4.86. The molecule has 0 spiro atoms. The third kappa shape index (κ3) is 4.72. The van der Waals surface area contributed by atoms with E-state index in [1.54, 1.807) is 11.5 Å². The van der Waals surface area contributed by atoms with Gasteiger partial charge in [-0.2, -0.15) is 5.48 Å². The van der Waals surface area contributed by atoms with Crippen molar-refractivity contribution in [1.29, 1.82) is 5.41 Å². The highest BCUT2D eigenvalue weighted by molar-refractivity contribution is 7.93. The summed E-state index contributed by atoms with van der Waals surface area (Å²) in [5.74, 6) is -3.04. The molecule has 0 aliphatic rings. The van der Waals surface area contributed by atoms with Crippen molar-refractivity contribution in [2.45, 2.75) is 10.1 Å². The zero-order valence-corrected chi connectivity index (χ0v) is 12.3. The molecule has 0 saturated heterocycles. The fourth-order valence-electron chi connectivity index (χ4n) is 1.38. The molecule has 0 saturated carbocycles. The van der Waals surface area contributed by atoms with Gasteiger partial charge in [0.25, 0.3) is 0 Å². The number of hydrogen-bond acceptors (Lipinski definition) is 7. The predicted octanol–water partition coefficient (Wildman–Crippen LogP) is -1.62. The lowest BCUT2D eigenvalue weighted by atomic mass is 10.4. The Morgan fingerprint density at radius 2 is 1.90 bits per heavy atom. The monoisotopic (exact) mass is 335 g/mol. The van der Waals surface area contributed by atoms with E-state index in [2.05, 4.69) is 4.84 Å². The van der Waals surface area contributed by atoms with Crippen molar-refractivity contribution in [3.05, 3.63) is 30.3 Å². The first-order chi connectivity index (χ1) is 9.75. The van der Waals surface area contributed by atoms with Gasteiger partial charge in [-0.15, -0.1) is 0 Å². The summed E-state index contributed by atoms with van der Waals surface area (Å²) >= 11 is 0. The molecule has 0 bridgehead atoms. The van der Waals surface area contributed by atoms with Gasteiger partial charge in [0, 0.05) is 0 Å². The van der Waals surface area contributed by atoms with Crippen LogP contribution in [0.5, 0.6) is 0 Å². The Hall–Kier alpha value is -2.14. The summed E-state index contributed by atoms with van der Waals surface area (Å²) in [6.45, 7) is 0. The third-order valence-electron chi connectivity index (χ3n) is 2.29. The number of carbonyl (C=O) groups is 1. The SMILES string of the molecule is N=C(N)NOC(=O)C(C[SH](=O)=O)S(=O)(=O)c1ccccc1. The lowest BCUT2D eigenvalue weighted by molar-refractivity contribution is -0.146. The first-order valence-electron chi connectivity index (χ1n) is 5.46. The molecule has 0 heterocycles. The van der Waals surface area contributed by atoms with Gasteiger partial charge in [-0.25, -0.2) is 21.6 Å². The summed E-state index contributed by atoms with van der Waals surface area (Å²) in [6.07, 6.45) is 0. The maximum atomic E-state index is 12.3. The van der Waals surface area contributed by atoms with E-state index in [9.17, 15) is 21.6 Å². The van der Waals surface area contributed by atoms with Crippen molar-refractivity contribution >= 4 is 32.5 Å². The average molecular weight is 335 g/mol. The minimum absolute atomic E-state index is 0.216. The fraction of sp³-hybridized carbons (Fsp3) is 0.200. The van der Waals surface area contributed by atoms with Crippen molar-refractivity contribution in [2.75, 3.05) is 5.75 Å². The van der Waals surface area contributed by atoms with E-state index in [1.165, 1.54) is 24.3 Å². The molecular formula is C10H13N3O6S2. The quantitative estimate of drug-likeness (QED) is 0.216. The van der Waals surface area contributed by atoms with Gasteiger partial charge in [0.15, 0.2) is 15.1 Å². The van der Waals surface area contributed by atoms with Gasteiger partial charge in [0.1, 0.15) is 10.7 Å². The Kier molecular flexibility index (Phi) is 5.67. The lowest BCUT2D eigenvalue weighted by Gasteiger charge is -2.14. The maximum absolute atomic E-state index is 12.3. The van der Waals surface area contributed by atoms with Crippen molar-refractivity contribution in [3.63, 3.8) is 0 Å². The van der Waals surface area contributed by atoms with Crippen LogP contribution >= 0.6 is 0 Å². The van der Waals surface area contributed by atoms with Crippen LogP contribution in [-0.4, -0.2) is 39.8 Å². The van der Waals surface area contributed by atoms with Crippen molar-refractivity contribution < 1.29 is 26.5 Å². The minimum Gasteiger partial charge on any atom is -0.368 e. The second-order valence-electron chi connectivity index (χ2n) is 3.80. The van der Waals surface area contributed by atoms with Crippen LogP contribution in [0.15, 0.2) is 35.2 Å². The maximum Gasteiger partial charge on any atom is 0.351 e. The summed E-state index contributed by atoms with van der Waals surface area (Å²) in [7, 11) is -7.40. The van der Waals surface area contributed by atoms with Gasteiger partial charge in [-0.3, -0.25) is 5.41 Å². The molecule has 0 aromatic heterocycles. The minimum atomic E-state index is -4.25. The molecule has 9 nitrogen and oxygen atoms in total. The molecule has 0 aliphatic carbocycles. The molecule has 1 aromatic rings. The number of guanidine groups is 1. The van der Waals surface area contributed by atoms with Crippen LogP contribution in [0.4, 0.5) is 0 Å². The molecule has 1 atom stereocenters. The van der Waals surface area contributed by atoms with E-state index in [-0.39, 0.29) is 4.90 Å². The zero-order valence-electron chi connectivity index (χ0n) is 10.6. The highest BCUT2D eigenvalue weighted by Gasteiger charge is 2.36.